The lowest BCUT2D eigenvalue weighted by Gasteiger charge is -2.13. The summed E-state index contributed by atoms with van der Waals surface area (Å²) in [6.07, 6.45) is 0. The molecular weight excluding hydrogens is 398 g/mol. The van der Waals surface area contributed by atoms with E-state index in [1.54, 1.807) is 12.1 Å². The summed E-state index contributed by atoms with van der Waals surface area (Å²) < 4.78 is 11.3. The predicted octanol–water partition coefficient (Wildman–Crippen LogP) is 3.29. The smallest absolute Gasteiger partial charge is 0.292 e. The highest BCUT2D eigenvalue weighted by molar-refractivity contribution is 6.22. The summed E-state index contributed by atoms with van der Waals surface area (Å²) in [5.74, 6) is -0.325. The lowest BCUT2D eigenvalue weighted by Crippen LogP contribution is -2.29. The molecular formula is C20H20ClN3O5. The van der Waals surface area contributed by atoms with Crippen LogP contribution in [0.1, 0.15) is 20.9 Å². The highest BCUT2D eigenvalue weighted by Crippen LogP contribution is 2.32. The molecule has 0 unspecified atom stereocenters. The van der Waals surface area contributed by atoms with Crippen molar-refractivity contribution >= 4 is 40.2 Å². The maximum Gasteiger partial charge on any atom is 0.292 e. The van der Waals surface area contributed by atoms with Gasteiger partial charge < -0.3 is 19.4 Å². The second kappa shape index (κ2) is 8.85. The summed E-state index contributed by atoms with van der Waals surface area (Å²) in [5.41, 5.74) is 1.58. The van der Waals surface area contributed by atoms with E-state index in [4.69, 9.17) is 26.1 Å². The van der Waals surface area contributed by atoms with Crippen LogP contribution in [0, 0.1) is 0 Å². The maximum absolute atomic E-state index is 12.6. The molecule has 0 aliphatic carbocycles. The second-order valence-corrected chi connectivity index (χ2v) is 6.68. The van der Waals surface area contributed by atoms with Crippen molar-refractivity contribution in [2.24, 2.45) is 0 Å². The average Bonchev–Trinajstić information content (AvgIpc) is 3.11. The van der Waals surface area contributed by atoms with Gasteiger partial charge in [-0.15, -0.1) is 4.58 Å². The Morgan fingerprint density at radius 2 is 1.83 bits per heavy atom. The van der Waals surface area contributed by atoms with Gasteiger partial charge in [0.1, 0.15) is 17.9 Å². The highest BCUT2D eigenvalue weighted by Gasteiger charge is 2.21. The van der Waals surface area contributed by atoms with E-state index in [-0.39, 0.29) is 35.0 Å². The zero-order valence-electron chi connectivity index (χ0n) is 15.9. The minimum Gasteiger partial charge on any atom is -0.492 e. The van der Waals surface area contributed by atoms with Crippen LogP contribution in [0.5, 0.6) is 5.75 Å². The fourth-order valence-electron chi connectivity index (χ4n) is 2.84. The fourth-order valence-corrected chi connectivity index (χ4v) is 2.94. The molecule has 0 radical (unpaired) electrons. The van der Waals surface area contributed by atoms with Crippen LogP contribution >= 0.6 is 11.8 Å². The molecule has 1 aromatic heterocycles. The van der Waals surface area contributed by atoms with Gasteiger partial charge in [-0.05, 0) is 36.4 Å². The van der Waals surface area contributed by atoms with Crippen molar-refractivity contribution in [3.8, 4) is 5.75 Å². The summed E-state index contributed by atoms with van der Waals surface area (Å²) in [4.78, 5) is 25.9. The van der Waals surface area contributed by atoms with Gasteiger partial charge in [-0.25, -0.2) is 0 Å². The molecule has 2 aromatic carbocycles. The Bertz CT molecular complexity index is 1010. The first-order valence-corrected chi connectivity index (χ1v) is 9.11. The summed E-state index contributed by atoms with van der Waals surface area (Å²) in [7, 11) is 3.71. The van der Waals surface area contributed by atoms with Crippen LogP contribution in [0.4, 0.5) is 5.69 Å². The number of ether oxygens (including phenoxy) is 1. The van der Waals surface area contributed by atoms with Crippen molar-refractivity contribution in [3.05, 3.63) is 59.9 Å². The van der Waals surface area contributed by atoms with Crippen molar-refractivity contribution in [1.82, 2.24) is 9.90 Å². The number of furan rings is 1. The SMILES string of the molecule is CN(C)c1c(C(=O)NCCOc2ccc(C(=O)N(O)Cl)cc2)oc2ccccc12. The molecule has 2 amide bonds. The number of rotatable bonds is 7. The first-order valence-electron chi connectivity index (χ1n) is 8.77. The van der Waals surface area contributed by atoms with Crippen molar-refractivity contribution in [2.75, 3.05) is 32.1 Å². The second-order valence-electron chi connectivity index (χ2n) is 6.36. The van der Waals surface area contributed by atoms with Gasteiger partial charge >= 0.3 is 0 Å². The molecule has 0 spiro atoms. The minimum absolute atomic E-state index is 0.00849. The summed E-state index contributed by atoms with van der Waals surface area (Å²) >= 11 is 5.20. The zero-order valence-corrected chi connectivity index (χ0v) is 16.6. The third kappa shape index (κ3) is 4.61. The molecule has 3 aromatic rings. The number of carbonyl (C=O) groups excluding carboxylic acids is 2. The standard InChI is InChI=1S/C20H20ClN3O5/c1-23(2)17-15-5-3-4-6-16(15)29-18(17)19(25)22-11-12-28-14-9-7-13(8-10-14)20(26)24(21)27/h3-10,27H,11-12H2,1-2H3,(H,22,25). The van der Waals surface area contributed by atoms with Crippen LogP contribution in [-0.4, -0.2) is 48.9 Å². The normalized spacial score (nSPS) is 10.6. The number of anilines is 1. The number of hydroxylamine groups is 1. The van der Waals surface area contributed by atoms with Crippen LogP contribution < -0.4 is 15.0 Å². The Hall–Kier alpha value is -3.23. The molecule has 0 fully saturated rings. The number of nitrogens with zero attached hydrogens (tertiary/aromatic N) is 2. The van der Waals surface area contributed by atoms with Gasteiger partial charge in [0.15, 0.2) is 0 Å². The average molecular weight is 418 g/mol. The van der Waals surface area contributed by atoms with Crippen LogP contribution in [0.15, 0.2) is 52.9 Å². The molecule has 9 heteroatoms. The Kier molecular flexibility index (Phi) is 6.26. The van der Waals surface area contributed by atoms with Gasteiger partial charge in [0.25, 0.3) is 11.8 Å². The van der Waals surface area contributed by atoms with E-state index in [2.05, 4.69) is 5.32 Å². The van der Waals surface area contributed by atoms with Gasteiger partial charge in [0.05, 0.1) is 12.2 Å². The lowest BCUT2D eigenvalue weighted by atomic mass is 10.2. The number of fused-ring (bicyclic) bond motifs is 1. The molecule has 1 heterocycles. The summed E-state index contributed by atoms with van der Waals surface area (Å²) in [6.45, 7) is 0.480. The Balaban J connectivity index is 1.57. The third-order valence-electron chi connectivity index (χ3n) is 4.15. The first-order chi connectivity index (χ1) is 13.9. The van der Waals surface area contributed by atoms with Gasteiger partial charge in [-0.1, -0.05) is 12.1 Å². The number of para-hydroxylation sites is 1. The number of hydrogen-bond donors (Lipinski definition) is 2. The number of amides is 2. The van der Waals surface area contributed by atoms with E-state index >= 15 is 0 Å². The van der Waals surface area contributed by atoms with Crippen molar-refractivity contribution in [3.63, 3.8) is 0 Å². The number of nitrogens with one attached hydrogen (secondary N) is 1. The molecule has 3 rings (SSSR count). The Morgan fingerprint density at radius 1 is 1.14 bits per heavy atom. The molecule has 152 valence electrons. The molecule has 0 bridgehead atoms. The molecule has 0 saturated carbocycles. The van der Waals surface area contributed by atoms with E-state index in [0.29, 0.717) is 11.3 Å². The lowest BCUT2D eigenvalue weighted by molar-refractivity contribution is 0.00924. The molecule has 0 aliphatic heterocycles. The number of hydrogen-bond acceptors (Lipinski definition) is 6. The molecule has 0 atom stereocenters. The topological polar surface area (TPSA) is 95.3 Å². The van der Waals surface area contributed by atoms with Crippen LogP contribution in [0.2, 0.25) is 0 Å². The molecule has 2 N–H and O–H groups in total. The monoisotopic (exact) mass is 417 g/mol. The Labute approximate surface area is 172 Å². The number of halogens is 1. The van der Waals surface area contributed by atoms with Gasteiger partial charge in [-0.2, -0.15) is 0 Å². The molecule has 8 nitrogen and oxygen atoms in total. The molecule has 29 heavy (non-hydrogen) atoms. The zero-order chi connectivity index (χ0) is 21.0. The van der Waals surface area contributed by atoms with E-state index < -0.39 is 5.91 Å². The molecule has 0 aliphatic rings. The number of carbonyl (C=O) groups is 2. The number of benzene rings is 2. The highest BCUT2D eigenvalue weighted by atomic mass is 35.5. The Morgan fingerprint density at radius 3 is 2.48 bits per heavy atom. The van der Waals surface area contributed by atoms with E-state index in [9.17, 15) is 9.59 Å². The summed E-state index contributed by atoms with van der Waals surface area (Å²) in [5, 5.41) is 12.6. The van der Waals surface area contributed by atoms with E-state index in [1.807, 2.05) is 43.3 Å². The van der Waals surface area contributed by atoms with E-state index in [1.165, 1.54) is 12.1 Å². The quantitative estimate of drug-likeness (QED) is 0.265. The predicted molar refractivity (Wildman–Crippen MR) is 109 cm³/mol. The summed E-state index contributed by atoms with van der Waals surface area (Å²) in [6, 6.07) is 13.5. The maximum atomic E-state index is 12.6. The minimum atomic E-state index is -0.743. The first kappa shape index (κ1) is 20.5. The molecule has 0 saturated heterocycles. The van der Waals surface area contributed by atoms with Crippen LogP contribution in [-0.2, 0) is 0 Å². The fraction of sp³-hybridized carbons (Fsp3) is 0.200. The van der Waals surface area contributed by atoms with Crippen molar-refractivity contribution in [1.29, 1.82) is 0 Å². The van der Waals surface area contributed by atoms with Crippen LogP contribution in [0.3, 0.4) is 0 Å². The van der Waals surface area contributed by atoms with Gasteiger partial charge in [0.2, 0.25) is 5.76 Å². The van der Waals surface area contributed by atoms with Crippen molar-refractivity contribution in [2.45, 2.75) is 0 Å². The van der Waals surface area contributed by atoms with Gasteiger partial charge in [0, 0.05) is 36.8 Å². The third-order valence-corrected chi connectivity index (χ3v) is 4.30. The largest absolute Gasteiger partial charge is 0.492 e. The van der Waals surface area contributed by atoms with Gasteiger partial charge in [-0.3, -0.25) is 14.8 Å². The van der Waals surface area contributed by atoms with E-state index in [0.717, 1.165) is 11.1 Å². The van der Waals surface area contributed by atoms with Crippen molar-refractivity contribution < 1.29 is 24.0 Å². The van der Waals surface area contributed by atoms with Crippen LogP contribution in [0.25, 0.3) is 11.0 Å².